The van der Waals surface area contributed by atoms with Crippen molar-refractivity contribution in [2.45, 2.75) is 25.8 Å². The third-order valence-electron chi connectivity index (χ3n) is 4.87. The third-order valence-corrected chi connectivity index (χ3v) is 4.87. The molecule has 2 unspecified atom stereocenters. The lowest BCUT2D eigenvalue weighted by Gasteiger charge is -2.24. The average molecular weight is 282 g/mol. The van der Waals surface area contributed by atoms with Gasteiger partial charge in [-0.1, -0.05) is 24.3 Å². The molecule has 21 heavy (non-hydrogen) atoms. The highest BCUT2D eigenvalue weighted by molar-refractivity contribution is 6.22. The Morgan fingerprint density at radius 1 is 1.05 bits per heavy atom. The van der Waals surface area contributed by atoms with Crippen LogP contribution in [0.5, 0.6) is 0 Å². The van der Waals surface area contributed by atoms with Gasteiger partial charge in [0.2, 0.25) is 11.8 Å². The van der Waals surface area contributed by atoms with Crippen molar-refractivity contribution in [3.8, 4) is 0 Å². The Hall–Kier alpha value is -1.94. The Kier molecular flexibility index (Phi) is 2.93. The summed E-state index contributed by atoms with van der Waals surface area (Å²) in [5, 5.41) is 3.34. The lowest BCUT2D eigenvalue weighted by Crippen LogP contribution is -2.34. The van der Waals surface area contributed by atoms with Crippen molar-refractivity contribution in [1.29, 1.82) is 0 Å². The molecule has 1 aromatic rings. The second kappa shape index (κ2) is 4.81. The van der Waals surface area contributed by atoms with Crippen LogP contribution in [-0.2, 0) is 22.6 Å². The van der Waals surface area contributed by atoms with Gasteiger partial charge >= 0.3 is 0 Å². The van der Waals surface area contributed by atoms with Crippen molar-refractivity contribution in [3.63, 3.8) is 0 Å². The largest absolute Gasteiger partial charge is 0.312 e. The number of hydrogen-bond acceptors (Lipinski definition) is 3. The van der Waals surface area contributed by atoms with Crippen LogP contribution in [0.25, 0.3) is 0 Å². The molecule has 2 aliphatic heterocycles. The van der Waals surface area contributed by atoms with Crippen molar-refractivity contribution in [1.82, 2.24) is 5.32 Å². The zero-order chi connectivity index (χ0) is 14.4. The van der Waals surface area contributed by atoms with Gasteiger partial charge in [-0.05, 0) is 43.0 Å². The van der Waals surface area contributed by atoms with Gasteiger partial charge in [-0.25, -0.2) is 4.90 Å². The minimum atomic E-state index is -0.157. The zero-order valence-corrected chi connectivity index (χ0v) is 11.8. The number of anilines is 1. The normalized spacial score (nSPS) is 27.7. The molecule has 3 aliphatic rings. The van der Waals surface area contributed by atoms with E-state index >= 15 is 0 Å². The molecule has 4 rings (SSSR count). The van der Waals surface area contributed by atoms with Crippen molar-refractivity contribution >= 4 is 17.5 Å². The lowest BCUT2D eigenvalue weighted by atomic mass is 9.85. The summed E-state index contributed by atoms with van der Waals surface area (Å²) in [5.74, 6) is -0.355. The first-order chi connectivity index (χ1) is 10.3. The summed E-state index contributed by atoms with van der Waals surface area (Å²) in [4.78, 5) is 26.8. The van der Waals surface area contributed by atoms with Crippen molar-refractivity contribution in [2.75, 3.05) is 11.4 Å². The van der Waals surface area contributed by atoms with E-state index in [2.05, 4.69) is 11.4 Å². The molecule has 0 radical (unpaired) electrons. The van der Waals surface area contributed by atoms with Crippen LogP contribution in [-0.4, -0.2) is 18.4 Å². The number of benzene rings is 1. The van der Waals surface area contributed by atoms with Gasteiger partial charge in [0.25, 0.3) is 0 Å². The Morgan fingerprint density at radius 3 is 2.48 bits per heavy atom. The number of carbonyl (C=O) groups excluding carboxylic acids is 2. The molecule has 4 nitrogen and oxygen atoms in total. The summed E-state index contributed by atoms with van der Waals surface area (Å²) in [6, 6.07) is 5.96. The summed E-state index contributed by atoms with van der Waals surface area (Å²) < 4.78 is 0. The van der Waals surface area contributed by atoms with Crippen LogP contribution in [0.2, 0.25) is 0 Å². The molecule has 0 saturated carbocycles. The molecule has 108 valence electrons. The number of hydrogen-bond donors (Lipinski definition) is 1. The van der Waals surface area contributed by atoms with E-state index < -0.39 is 0 Å². The van der Waals surface area contributed by atoms with E-state index in [-0.39, 0.29) is 23.7 Å². The molecule has 1 saturated heterocycles. The SMILES string of the molecule is O=C1C2CC=CCC2C(=O)N1c1cccc2c1CNCC2. The highest BCUT2D eigenvalue weighted by Gasteiger charge is 2.48. The average Bonchev–Trinajstić information content (AvgIpc) is 2.79. The molecule has 0 bridgehead atoms. The van der Waals surface area contributed by atoms with E-state index in [1.165, 1.54) is 10.5 Å². The molecule has 1 aromatic carbocycles. The fourth-order valence-electron chi connectivity index (χ4n) is 3.74. The standard InChI is InChI=1S/C17H18N2O2/c20-16-12-5-1-2-6-13(12)17(21)19(16)15-7-3-4-11-8-9-18-10-14(11)15/h1-4,7,12-13,18H,5-6,8-10H2. The van der Waals surface area contributed by atoms with Gasteiger partial charge in [0, 0.05) is 6.54 Å². The monoisotopic (exact) mass is 282 g/mol. The van der Waals surface area contributed by atoms with Gasteiger partial charge in [0.05, 0.1) is 17.5 Å². The first-order valence-corrected chi connectivity index (χ1v) is 7.61. The Balaban J connectivity index is 1.77. The van der Waals surface area contributed by atoms with E-state index in [1.54, 1.807) is 0 Å². The topological polar surface area (TPSA) is 49.4 Å². The summed E-state index contributed by atoms with van der Waals surface area (Å²) in [6.45, 7) is 1.68. The van der Waals surface area contributed by atoms with Crippen molar-refractivity contribution in [2.24, 2.45) is 11.8 Å². The summed E-state index contributed by atoms with van der Waals surface area (Å²) in [5.41, 5.74) is 3.15. The molecule has 0 aromatic heterocycles. The highest BCUT2D eigenvalue weighted by atomic mass is 16.2. The minimum absolute atomic E-state index is 0.0201. The number of nitrogens with zero attached hydrogens (tertiary/aromatic N) is 1. The zero-order valence-electron chi connectivity index (χ0n) is 11.8. The van der Waals surface area contributed by atoms with E-state index in [4.69, 9.17) is 0 Å². The number of imide groups is 1. The Bertz CT molecular complexity index is 624. The van der Waals surface area contributed by atoms with Gasteiger partial charge in [-0.15, -0.1) is 0 Å². The summed E-state index contributed by atoms with van der Waals surface area (Å²) >= 11 is 0. The van der Waals surface area contributed by atoms with E-state index in [9.17, 15) is 9.59 Å². The lowest BCUT2D eigenvalue weighted by molar-refractivity contribution is -0.122. The number of rotatable bonds is 1. The molecular formula is C17H18N2O2. The molecule has 0 spiro atoms. The number of carbonyl (C=O) groups is 2. The van der Waals surface area contributed by atoms with Crippen LogP contribution < -0.4 is 10.2 Å². The van der Waals surface area contributed by atoms with Gasteiger partial charge in [0.15, 0.2) is 0 Å². The third kappa shape index (κ3) is 1.86. The van der Waals surface area contributed by atoms with E-state index in [0.717, 1.165) is 30.8 Å². The maximum absolute atomic E-state index is 12.7. The van der Waals surface area contributed by atoms with Crippen molar-refractivity contribution in [3.05, 3.63) is 41.5 Å². The predicted molar refractivity (Wildman–Crippen MR) is 79.7 cm³/mol. The molecule has 2 heterocycles. The smallest absolute Gasteiger partial charge is 0.238 e. The second-order valence-electron chi connectivity index (χ2n) is 6.01. The van der Waals surface area contributed by atoms with E-state index in [1.807, 2.05) is 24.3 Å². The maximum atomic E-state index is 12.7. The molecule has 2 atom stereocenters. The Morgan fingerprint density at radius 2 is 1.76 bits per heavy atom. The van der Waals surface area contributed by atoms with Gasteiger partial charge in [-0.2, -0.15) is 0 Å². The second-order valence-corrected chi connectivity index (χ2v) is 6.01. The first kappa shape index (κ1) is 12.8. The van der Waals surface area contributed by atoms with Crippen molar-refractivity contribution < 1.29 is 9.59 Å². The van der Waals surface area contributed by atoms with Gasteiger partial charge < -0.3 is 5.32 Å². The quantitative estimate of drug-likeness (QED) is 0.631. The molecular weight excluding hydrogens is 264 g/mol. The van der Waals surface area contributed by atoms with Gasteiger partial charge in [-0.3, -0.25) is 9.59 Å². The number of nitrogens with one attached hydrogen (secondary N) is 1. The maximum Gasteiger partial charge on any atom is 0.238 e. The summed E-state index contributed by atoms with van der Waals surface area (Å²) in [6.07, 6.45) is 6.39. The van der Waals surface area contributed by atoms with Crippen LogP contribution in [0.1, 0.15) is 24.0 Å². The molecule has 1 fully saturated rings. The highest BCUT2D eigenvalue weighted by Crippen LogP contribution is 2.39. The first-order valence-electron chi connectivity index (χ1n) is 7.61. The van der Waals surface area contributed by atoms with Gasteiger partial charge in [0.1, 0.15) is 0 Å². The van der Waals surface area contributed by atoms with Crippen LogP contribution in [0.3, 0.4) is 0 Å². The van der Waals surface area contributed by atoms with Crippen LogP contribution in [0, 0.1) is 11.8 Å². The van der Waals surface area contributed by atoms with Crippen LogP contribution in [0.15, 0.2) is 30.4 Å². The Labute approximate surface area is 123 Å². The fourth-order valence-corrected chi connectivity index (χ4v) is 3.74. The summed E-state index contributed by atoms with van der Waals surface area (Å²) in [7, 11) is 0. The fraction of sp³-hybridized carbons (Fsp3) is 0.412. The molecule has 1 N–H and O–H groups in total. The molecule has 1 aliphatic carbocycles. The van der Waals surface area contributed by atoms with Crippen LogP contribution in [0.4, 0.5) is 5.69 Å². The van der Waals surface area contributed by atoms with E-state index in [0.29, 0.717) is 12.8 Å². The number of allylic oxidation sites excluding steroid dienone is 2. The number of amides is 2. The minimum Gasteiger partial charge on any atom is -0.312 e. The molecule has 2 amide bonds. The number of fused-ring (bicyclic) bond motifs is 2. The molecule has 4 heteroatoms. The predicted octanol–water partition coefficient (Wildman–Crippen LogP) is 1.79. The van der Waals surface area contributed by atoms with Crippen LogP contribution >= 0.6 is 0 Å².